The van der Waals surface area contributed by atoms with E-state index in [0.29, 0.717) is 0 Å². The number of hydrogen-bond acceptors (Lipinski definition) is 1. The van der Waals surface area contributed by atoms with Gasteiger partial charge in [0.25, 0.3) is 0 Å². The summed E-state index contributed by atoms with van der Waals surface area (Å²) in [4.78, 5) is 0. The van der Waals surface area contributed by atoms with Crippen molar-refractivity contribution in [2.75, 3.05) is 0 Å². The first-order valence-corrected chi connectivity index (χ1v) is 6.13. The molecule has 0 saturated carbocycles. The predicted octanol–water partition coefficient (Wildman–Crippen LogP) is 3.73. The Morgan fingerprint density at radius 2 is 2.00 bits per heavy atom. The van der Waals surface area contributed by atoms with Crippen molar-refractivity contribution >= 4 is 0 Å². The zero-order chi connectivity index (χ0) is 11.8. The Bertz CT molecular complexity index is 302. The second-order valence-electron chi connectivity index (χ2n) is 4.30. The maximum absolute atomic E-state index is 9.91. The van der Waals surface area contributed by atoms with Gasteiger partial charge < -0.3 is 5.11 Å². The van der Waals surface area contributed by atoms with Gasteiger partial charge in [-0.25, -0.2) is 0 Å². The van der Waals surface area contributed by atoms with Crippen LogP contribution < -0.4 is 0 Å². The van der Waals surface area contributed by atoms with Crippen molar-refractivity contribution in [3.63, 3.8) is 0 Å². The van der Waals surface area contributed by atoms with Crippen LogP contribution in [0.25, 0.3) is 0 Å². The van der Waals surface area contributed by atoms with Gasteiger partial charge >= 0.3 is 0 Å². The molecule has 0 spiro atoms. The van der Waals surface area contributed by atoms with Crippen LogP contribution in [0.2, 0.25) is 0 Å². The zero-order valence-electron chi connectivity index (χ0n) is 10.2. The maximum Gasteiger partial charge on any atom is 0.0750 e. The summed E-state index contributed by atoms with van der Waals surface area (Å²) in [6, 6.07) is 10.3. The van der Waals surface area contributed by atoms with Crippen LogP contribution in [0, 0.1) is 0 Å². The molecule has 1 heteroatoms. The highest BCUT2D eigenvalue weighted by Gasteiger charge is 2.08. The molecular formula is C15H22O. The van der Waals surface area contributed by atoms with Crippen LogP contribution in [0.3, 0.4) is 0 Å². The lowest BCUT2D eigenvalue weighted by molar-refractivity contribution is 0.196. The molecule has 1 nitrogen and oxygen atoms in total. The molecule has 1 atom stereocenters. The standard InChI is InChI=1S/C15H22O/c1-3-4-8-13(2)15(16)12-11-14-9-6-5-7-10-14/h5-7,9-10,15-16H,2-4,8,11-12H2,1H3. The van der Waals surface area contributed by atoms with Crippen LogP contribution in [-0.4, -0.2) is 11.2 Å². The normalized spacial score (nSPS) is 12.4. The quantitative estimate of drug-likeness (QED) is 0.691. The Labute approximate surface area is 98.8 Å². The molecule has 0 bridgehead atoms. The smallest absolute Gasteiger partial charge is 0.0750 e. The first-order chi connectivity index (χ1) is 7.74. The van der Waals surface area contributed by atoms with Crippen LogP contribution in [-0.2, 0) is 6.42 Å². The average Bonchev–Trinajstić information content (AvgIpc) is 2.34. The highest BCUT2D eigenvalue weighted by molar-refractivity contribution is 5.15. The van der Waals surface area contributed by atoms with Gasteiger partial charge in [-0.2, -0.15) is 0 Å². The molecule has 0 aliphatic rings. The molecular weight excluding hydrogens is 196 g/mol. The summed E-state index contributed by atoms with van der Waals surface area (Å²) in [5.74, 6) is 0. The Balaban J connectivity index is 2.29. The molecule has 16 heavy (non-hydrogen) atoms. The zero-order valence-corrected chi connectivity index (χ0v) is 10.2. The second kappa shape index (κ2) is 7.24. The minimum atomic E-state index is -0.341. The van der Waals surface area contributed by atoms with Gasteiger partial charge in [-0.1, -0.05) is 50.3 Å². The molecule has 1 aromatic carbocycles. The first kappa shape index (κ1) is 13.0. The number of rotatable bonds is 7. The Morgan fingerprint density at radius 1 is 1.31 bits per heavy atom. The minimum absolute atomic E-state index is 0.341. The average molecular weight is 218 g/mol. The number of hydrogen-bond donors (Lipinski definition) is 1. The summed E-state index contributed by atoms with van der Waals surface area (Å²) in [6.07, 6.45) is 4.60. The predicted molar refractivity (Wildman–Crippen MR) is 69.4 cm³/mol. The largest absolute Gasteiger partial charge is 0.389 e. The first-order valence-electron chi connectivity index (χ1n) is 6.13. The van der Waals surface area contributed by atoms with E-state index in [1.54, 1.807) is 0 Å². The van der Waals surface area contributed by atoms with E-state index in [4.69, 9.17) is 0 Å². The van der Waals surface area contributed by atoms with E-state index in [1.165, 1.54) is 5.56 Å². The molecule has 1 aromatic rings. The highest BCUT2D eigenvalue weighted by atomic mass is 16.3. The third-order valence-corrected chi connectivity index (χ3v) is 2.87. The third-order valence-electron chi connectivity index (χ3n) is 2.87. The molecule has 0 saturated heterocycles. The van der Waals surface area contributed by atoms with Crippen molar-refractivity contribution < 1.29 is 5.11 Å². The van der Waals surface area contributed by atoms with Crippen LogP contribution >= 0.6 is 0 Å². The number of benzene rings is 1. The lowest BCUT2D eigenvalue weighted by atomic mass is 9.99. The van der Waals surface area contributed by atoms with Gasteiger partial charge in [-0.15, -0.1) is 0 Å². The van der Waals surface area contributed by atoms with Crippen LogP contribution in [0.15, 0.2) is 42.5 Å². The van der Waals surface area contributed by atoms with E-state index >= 15 is 0 Å². The minimum Gasteiger partial charge on any atom is -0.389 e. The highest BCUT2D eigenvalue weighted by Crippen LogP contribution is 2.14. The maximum atomic E-state index is 9.91. The van der Waals surface area contributed by atoms with E-state index in [-0.39, 0.29) is 6.10 Å². The Hall–Kier alpha value is -1.08. The fraction of sp³-hybridized carbons (Fsp3) is 0.467. The molecule has 88 valence electrons. The monoisotopic (exact) mass is 218 g/mol. The van der Waals surface area contributed by atoms with E-state index < -0.39 is 0 Å². The SMILES string of the molecule is C=C(CCCC)C(O)CCc1ccccc1. The molecule has 0 aliphatic carbocycles. The topological polar surface area (TPSA) is 20.2 Å². The second-order valence-corrected chi connectivity index (χ2v) is 4.30. The van der Waals surface area contributed by atoms with Crippen molar-refractivity contribution in [2.45, 2.75) is 45.1 Å². The van der Waals surface area contributed by atoms with Gasteiger partial charge in [0.05, 0.1) is 6.10 Å². The number of aliphatic hydroxyl groups is 1. The fourth-order valence-electron chi connectivity index (χ4n) is 1.72. The van der Waals surface area contributed by atoms with Gasteiger partial charge in [-0.05, 0) is 36.8 Å². The summed E-state index contributed by atoms with van der Waals surface area (Å²) in [6.45, 7) is 6.11. The van der Waals surface area contributed by atoms with E-state index in [9.17, 15) is 5.11 Å². The summed E-state index contributed by atoms with van der Waals surface area (Å²) in [5.41, 5.74) is 2.27. The molecule has 0 aliphatic heterocycles. The number of aliphatic hydroxyl groups excluding tert-OH is 1. The van der Waals surface area contributed by atoms with Crippen molar-refractivity contribution in [2.24, 2.45) is 0 Å². The molecule has 1 N–H and O–H groups in total. The van der Waals surface area contributed by atoms with Crippen LogP contribution in [0.1, 0.15) is 38.2 Å². The van der Waals surface area contributed by atoms with Crippen LogP contribution in [0.5, 0.6) is 0 Å². The number of aryl methyl sites for hydroxylation is 1. The summed E-state index contributed by atoms with van der Waals surface area (Å²) < 4.78 is 0. The lowest BCUT2D eigenvalue weighted by Crippen LogP contribution is -2.10. The molecule has 0 radical (unpaired) electrons. The Morgan fingerprint density at radius 3 is 2.62 bits per heavy atom. The number of unbranched alkanes of at least 4 members (excludes halogenated alkanes) is 1. The molecule has 1 rings (SSSR count). The van der Waals surface area contributed by atoms with Crippen LogP contribution in [0.4, 0.5) is 0 Å². The van der Waals surface area contributed by atoms with E-state index in [1.807, 2.05) is 18.2 Å². The lowest BCUT2D eigenvalue weighted by Gasteiger charge is -2.13. The molecule has 0 fully saturated rings. The van der Waals surface area contributed by atoms with E-state index in [0.717, 1.165) is 37.7 Å². The summed E-state index contributed by atoms with van der Waals surface area (Å²) in [5, 5.41) is 9.91. The van der Waals surface area contributed by atoms with Gasteiger partial charge in [0.1, 0.15) is 0 Å². The molecule has 0 amide bonds. The molecule has 1 unspecified atom stereocenters. The molecule has 0 heterocycles. The van der Waals surface area contributed by atoms with Crippen molar-refractivity contribution in [1.82, 2.24) is 0 Å². The van der Waals surface area contributed by atoms with Crippen molar-refractivity contribution in [3.05, 3.63) is 48.0 Å². The fourth-order valence-corrected chi connectivity index (χ4v) is 1.72. The van der Waals surface area contributed by atoms with Crippen molar-refractivity contribution in [3.8, 4) is 0 Å². The third kappa shape index (κ3) is 4.63. The summed E-state index contributed by atoms with van der Waals surface area (Å²) >= 11 is 0. The summed E-state index contributed by atoms with van der Waals surface area (Å²) in [7, 11) is 0. The van der Waals surface area contributed by atoms with Gasteiger partial charge in [-0.3, -0.25) is 0 Å². The van der Waals surface area contributed by atoms with Gasteiger partial charge in [0, 0.05) is 0 Å². The van der Waals surface area contributed by atoms with Gasteiger partial charge in [0.2, 0.25) is 0 Å². The van der Waals surface area contributed by atoms with Gasteiger partial charge in [0.15, 0.2) is 0 Å². The Kier molecular flexibility index (Phi) is 5.87. The van der Waals surface area contributed by atoms with E-state index in [2.05, 4.69) is 25.6 Å². The van der Waals surface area contributed by atoms with Crippen molar-refractivity contribution in [1.29, 1.82) is 0 Å². The molecule has 0 aromatic heterocycles.